The van der Waals surface area contributed by atoms with Gasteiger partial charge in [0.1, 0.15) is 5.01 Å². The molecule has 5 heteroatoms. The van der Waals surface area contributed by atoms with Gasteiger partial charge in [-0.2, -0.15) is 0 Å². The number of hydrogen-bond acceptors (Lipinski definition) is 5. The van der Waals surface area contributed by atoms with E-state index in [-0.39, 0.29) is 0 Å². The second kappa shape index (κ2) is 6.18. The summed E-state index contributed by atoms with van der Waals surface area (Å²) in [5, 5.41) is 14.8. The highest BCUT2D eigenvalue weighted by Gasteiger charge is 2.06. The van der Waals surface area contributed by atoms with E-state index in [0.717, 1.165) is 33.2 Å². The molecule has 3 rings (SSSR count). The average Bonchev–Trinajstić information content (AvgIpc) is 2.91. The monoisotopic (exact) mass is 298 g/mol. The molecule has 2 heterocycles. The van der Waals surface area contributed by atoms with Crippen LogP contribution in [0.4, 0.5) is 5.13 Å². The maximum atomic E-state index is 4.64. The Morgan fingerprint density at radius 2 is 1.95 bits per heavy atom. The van der Waals surface area contributed by atoms with Gasteiger partial charge >= 0.3 is 0 Å². The minimum atomic E-state index is 0.605. The van der Waals surface area contributed by atoms with Crippen LogP contribution in [-0.4, -0.2) is 15.2 Å². The Kier molecular flexibility index (Phi) is 4.10. The van der Waals surface area contributed by atoms with Gasteiger partial charge in [-0.05, 0) is 18.1 Å². The number of anilines is 1. The van der Waals surface area contributed by atoms with Gasteiger partial charge in [-0.15, -0.1) is 10.2 Å². The van der Waals surface area contributed by atoms with Gasteiger partial charge in [-0.3, -0.25) is 4.98 Å². The lowest BCUT2D eigenvalue weighted by Crippen LogP contribution is -2.01. The van der Waals surface area contributed by atoms with Crippen LogP contribution in [0, 0.1) is 5.92 Å². The molecule has 1 aromatic carbocycles. The van der Waals surface area contributed by atoms with Crippen LogP contribution in [0.15, 0.2) is 36.4 Å². The number of nitrogens with zero attached hydrogens (tertiary/aromatic N) is 3. The fourth-order valence-electron chi connectivity index (χ4n) is 2.13. The van der Waals surface area contributed by atoms with Gasteiger partial charge in [0.15, 0.2) is 0 Å². The van der Waals surface area contributed by atoms with Gasteiger partial charge in [0.05, 0.1) is 17.8 Å². The molecule has 0 aliphatic rings. The molecule has 21 heavy (non-hydrogen) atoms. The highest BCUT2D eigenvalue weighted by molar-refractivity contribution is 7.15. The topological polar surface area (TPSA) is 50.7 Å². The summed E-state index contributed by atoms with van der Waals surface area (Å²) in [6.07, 6.45) is 0.980. The predicted octanol–water partition coefficient (Wildman–Crippen LogP) is 3.90. The van der Waals surface area contributed by atoms with Crippen LogP contribution in [0.3, 0.4) is 0 Å². The van der Waals surface area contributed by atoms with E-state index in [1.54, 1.807) is 11.3 Å². The first-order valence-electron chi connectivity index (χ1n) is 7.11. The smallest absolute Gasteiger partial charge is 0.205 e. The van der Waals surface area contributed by atoms with Gasteiger partial charge in [0.2, 0.25) is 5.13 Å². The zero-order valence-electron chi connectivity index (χ0n) is 12.2. The van der Waals surface area contributed by atoms with Crippen molar-refractivity contribution in [1.29, 1.82) is 0 Å². The van der Waals surface area contributed by atoms with Crippen molar-refractivity contribution < 1.29 is 0 Å². The number of benzene rings is 1. The Labute approximate surface area is 128 Å². The van der Waals surface area contributed by atoms with Crippen LogP contribution in [-0.2, 0) is 13.0 Å². The summed E-state index contributed by atoms with van der Waals surface area (Å²) in [5.74, 6) is 0.605. The zero-order chi connectivity index (χ0) is 14.7. The van der Waals surface area contributed by atoms with Crippen molar-refractivity contribution in [2.24, 2.45) is 5.92 Å². The quantitative estimate of drug-likeness (QED) is 0.776. The molecule has 0 amide bonds. The maximum Gasteiger partial charge on any atom is 0.205 e. The summed E-state index contributed by atoms with van der Waals surface area (Å²) < 4.78 is 0. The van der Waals surface area contributed by atoms with Gasteiger partial charge in [-0.25, -0.2) is 0 Å². The molecule has 0 unspecified atom stereocenters. The lowest BCUT2D eigenvalue weighted by molar-refractivity contribution is 0.640. The van der Waals surface area contributed by atoms with Crippen molar-refractivity contribution in [2.75, 3.05) is 5.32 Å². The maximum absolute atomic E-state index is 4.64. The molecular weight excluding hydrogens is 280 g/mol. The van der Waals surface area contributed by atoms with Gasteiger partial charge in [-0.1, -0.05) is 49.4 Å². The van der Waals surface area contributed by atoms with Crippen LogP contribution in [0.25, 0.3) is 10.9 Å². The molecule has 108 valence electrons. The molecule has 2 aromatic heterocycles. The Hall–Kier alpha value is -2.01. The second-order valence-corrected chi connectivity index (χ2v) is 6.51. The molecule has 0 atom stereocenters. The summed E-state index contributed by atoms with van der Waals surface area (Å²) in [6, 6.07) is 12.3. The van der Waals surface area contributed by atoms with Crippen LogP contribution >= 0.6 is 11.3 Å². The van der Waals surface area contributed by atoms with Crippen LogP contribution in [0.5, 0.6) is 0 Å². The number of pyridine rings is 1. The molecule has 0 fully saturated rings. The van der Waals surface area contributed by atoms with E-state index < -0.39 is 0 Å². The third kappa shape index (κ3) is 3.55. The Bertz CT molecular complexity index is 736. The Morgan fingerprint density at radius 1 is 1.10 bits per heavy atom. The number of aromatic nitrogens is 3. The normalized spacial score (nSPS) is 11.2. The van der Waals surface area contributed by atoms with Gasteiger partial charge < -0.3 is 5.32 Å². The average molecular weight is 298 g/mol. The third-order valence-corrected chi connectivity index (χ3v) is 4.03. The minimum Gasteiger partial charge on any atom is -0.354 e. The summed E-state index contributed by atoms with van der Waals surface area (Å²) >= 11 is 1.62. The molecule has 4 nitrogen and oxygen atoms in total. The first-order chi connectivity index (χ1) is 10.2. The second-order valence-electron chi connectivity index (χ2n) is 5.45. The number of para-hydroxylation sites is 1. The van der Waals surface area contributed by atoms with E-state index >= 15 is 0 Å². The molecule has 0 saturated carbocycles. The summed E-state index contributed by atoms with van der Waals surface area (Å²) in [4.78, 5) is 4.64. The minimum absolute atomic E-state index is 0.605. The molecular formula is C16H18N4S. The van der Waals surface area contributed by atoms with Gasteiger partial charge in [0.25, 0.3) is 0 Å². The Balaban J connectivity index is 1.67. The SMILES string of the molecule is CC(C)Cc1nnc(NCc2ccc3ccccc3n2)s1. The molecule has 0 aliphatic carbocycles. The van der Waals surface area contributed by atoms with E-state index in [1.807, 2.05) is 24.3 Å². The van der Waals surface area contributed by atoms with Crippen molar-refractivity contribution in [3.8, 4) is 0 Å². The molecule has 0 spiro atoms. The zero-order valence-corrected chi connectivity index (χ0v) is 13.0. The molecule has 0 aliphatic heterocycles. The lowest BCUT2D eigenvalue weighted by Gasteiger charge is -2.03. The molecule has 0 saturated heterocycles. The molecule has 1 N–H and O–H groups in total. The van der Waals surface area contributed by atoms with E-state index in [4.69, 9.17) is 0 Å². The first-order valence-corrected chi connectivity index (χ1v) is 7.93. The van der Waals surface area contributed by atoms with Crippen molar-refractivity contribution in [3.05, 3.63) is 47.1 Å². The highest BCUT2D eigenvalue weighted by atomic mass is 32.1. The van der Waals surface area contributed by atoms with Crippen molar-refractivity contribution in [2.45, 2.75) is 26.8 Å². The summed E-state index contributed by atoms with van der Waals surface area (Å²) in [6.45, 7) is 5.04. The summed E-state index contributed by atoms with van der Waals surface area (Å²) in [7, 11) is 0. The number of hydrogen-bond donors (Lipinski definition) is 1. The van der Waals surface area contributed by atoms with Crippen molar-refractivity contribution >= 4 is 27.4 Å². The van der Waals surface area contributed by atoms with Crippen LogP contribution in [0.2, 0.25) is 0 Å². The highest BCUT2D eigenvalue weighted by Crippen LogP contribution is 2.19. The van der Waals surface area contributed by atoms with E-state index in [0.29, 0.717) is 12.5 Å². The standard InChI is InChI=1S/C16H18N4S/c1-11(2)9-15-19-20-16(21-15)17-10-13-8-7-12-5-3-4-6-14(12)18-13/h3-8,11H,9-10H2,1-2H3,(H,17,20). The van der Waals surface area contributed by atoms with Crippen LogP contribution in [0.1, 0.15) is 24.5 Å². The van der Waals surface area contributed by atoms with E-state index in [1.165, 1.54) is 0 Å². The third-order valence-electron chi connectivity index (χ3n) is 3.13. The van der Waals surface area contributed by atoms with E-state index in [9.17, 15) is 0 Å². The predicted molar refractivity (Wildman–Crippen MR) is 87.5 cm³/mol. The van der Waals surface area contributed by atoms with Gasteiger partial charge in [0, 0.05) is 11.8 Å². The molecule has 0 bridgehead atoms. The van der Waals surface area contributed by atoms with E-state index in [2.05, 4.69) is 46.5 Å². The fourth-order valence-corrected chi connectivity index (χ4v) is 3.08. The number of fused-ring (bicyclic) bond motifs is 1. The lowest BCUT2D eigenvalue weighted by atomic mass is 10.1. The number of nitrogens with one attached hydrogen (secondary N) is 1. The van der Waals surface area contributed by atoms with Crippen molar-refractivity contribution in [1.82, 2.24) is 15.2 Å². The number of rotatable bonds is 5. The van der Waals surface area contributed by atoms with Crippen LogP contribution < -0.4 is 5.32 Å². The first kappa shape index (κ1) is 13.9. The fraction of sp³-hybridized carbons (Fsp3) is 0.312. The Morgan fingerprint density at radius 3 is 2.81 bits per heavy atom. The van der Waals surface area contributed by atoms with Crippen molar-refractivity contribution in [3.63, 3.8) is 0 Å². The molecule has 3 aromatic rings. The largest absolute Gasteiger partial charge is 0.354 e. The summed E-state index contributed by atoms with van der Waals surface area (Å²) in [5.41, 5.74) is 2.03. The molecule has 0 radical (unpaired) electrons.